The molecule has 0 aromatic heterocycles. The fraction of sp³-hybridized carbons (Fsp3) is 0.400. The second-order valence-electron chi connectivity index (χ2n) is 6.45. The molecular formula is C25H34F2N2. The summed E-state index contributed by atoms with van der Waals surface area (Å²) in [7, 11) is 0. The standard InChI is InChI=1S/C19H18F2N2.C4H10.C2H6/c1-4-5-14(18-16(20)6-7-17(23)19(18)21)15-9-13(10-22)11(2)8-12(15)3;1-3-4-2;1-2/h5-9H,4,23H2,1-3H3;3-4H2,1-2H3;1-2H3/b14-5+;;. The van der Waals surface area contributed by atoms with Crippen molar-refractivity contribution in [3.8, 4) is 6.07 Å². The van der Waals surface area contributed by atoms with E-state index < -0.39 is 11.6 Å². The fourth-order valence-electron chi connectivity index (χ4n) is 2.63. The predicted octanol–water partition coefficient (Wildman–Crippen LogP) is 7.71. The van der Waals surface area contributed by atoms with E-state index in [0.717, 1.165) is 17.2 Å². The maximum absolute atomic E-state index is 14.4. The van der Waals surface area contributed by atoms with Gasteiger partial charge >= 0.3 is 0 Å². The Balaban J connectivity index is 0.00000116. The van der Waals surface area contributed by atoms with Gasteiger partial charge < -0.3 is 5.73 Å². The van der Waals surface area contributed by atoms with Crippen LogP contribution in [0.25, 0.3) is 5.57 Å². The lowest BCUT2D eigenvalue weighted by Crippen LogP contribution is -2.03. The molecule has 29 heavy (non-hydrogen) atoms. The molecule has 0 atom stereocenters. The van der Waals surface area contributed by atoms with Crippen molar-refractivity contribution in [1.29, 1.82) is 5.26 Å². The summed E-state index contributed by atoms with van der Waals surface area (Å²) in [5.74, 6) is -1.45. The first-order valence-corrected chi connectivity index (χ1v) is 10.3. The molecule has 0 aliphatic heterocycles. The number of nitrogens with zero attached hydrogens (tertiary/aromatic N) is 1. The lowest BCUT2D eigenvalue weighted by Gasteiger charge is -2.15. The van der Waals surface area contributed by atoms with E-state index in [2.05, 4.69) is 19.9 Å². The molecule has 2 rings (SSSR count). The summed E-state index contributed by atoms with van der Waals surface area (Å²) in [4.78, 5) is 0. The molecule has 0 aliphatic rings. The number of rotatable bonds is 4. The van der Waals surface area contributed by atoms with E-state index >= 15 is 0 Å². The van der Waals surface area contributed by atoms with Crippen molar-refractivity contribution in [2.45, 2.75) is 67.7 Å². The van der Waals surface area contributed by atoms with Gasteiger partial charge in [0, 0.05) is 0 Å². The molecule has 4 heteroatoms. The van der Waals surface area contributed by atoms with Gasteiger partial charge in [0.1, 0.15) is 5.82 Å². The van der Waals surface area contributed by atoms with Gasteiger partial charge in [-0.15, -0.1) is 0 Å². The lowest BCUT2D eigenvalue weighted by molar-refractivity contribution is 0.580. The second-order valence-corrected chi connectivity index (χ2v) is 6.45. The van der Waals surface area contributed by atoms with Crippen LogP contribution in [0.2, 0.25) is 0 Å². The summed E-state index contributed by atoms with van der Waals surface area (Å²) in [6.07, 6.45) is 4.98. The highest BCUT2D eigenvalue weighted by atomic mass is 19.1. The maximum Gasteiger partial charge on any atom is 0.156 e. The molecule has 0 radical (unpaired) electrons. The van der Waals surface area contributed by atoms with E-state index in [0.29, 0.717) is 23.1 Å². The van der Waals surface area contributed by atoms with Crippen LogP contribution < -0.4 is 5.73 Å². The molecular weight excluding hydrogens is 366 g/mol. The number of anilines is 1. The van der Waals surface area contributed by atoms with E-state index in [1.807, 2.05) is 40.7 Å². The number of allylic oxidation sites excluding steroid dienone is 1. The SMILES string of the molecule is CC.CC/C=C(\c1cc(C#N)c(C)cc1C)c1c(F)ccc(N)c1F.CCCC. The summed E-state index contributed by atoms with van der Waals surface area (Å²) in [6.45, 7) is 13.9. The number of nitrogen functional groups attached to an aromatic ring is 1. The first-order chi connectivity index (χ1) is 13.8. The Bertz CT molecular complexity index is 860. The average Bonchev–Trinajstić information content (AvgIpc) is 2.72. The van der Waals surface area contributed by atoms with Gasteiger partial charge in [0.05, 0.1) is 22.9 Å². The van der Waals surface area contributed by atoms with Gasteiger partial charge in [0.15, 0.2) is 5.82 Å². The van der Waals surface area contributed by atoms with Crippen LogP contribution in [0.4, 0.5) is 14.5 Å². The van der Waals surface area contributed by atoms with Gasteiger partial charge in [-0.25, -0.2) is 8.78 Å². The third-order valence-corrected chi connectivity index (χ3v) is 4.28. The number of halogens is 2. The summed E-state index contributed by atoms with van der Waals surface area (Å²) < 4.78 is 28.7. The van der Waals surface area contributed by atoms with Gasteiger partial charge in [-0.3, -0.25) is 0 Å². The minimum absolute atomic E-state index is 0.103. The Labute approximate surface area is 175 Å². The highest BCUT2D eigenvalue weighted by molar-refractivity contribution is 5.84. The first kappa shape index (κ1) is 26.3. The number of nitriles is 1. The molecule has 0 heterocycles. The predicted molar refractivity (Wildman–Crippen MR) is 121 cm³/mol. The molecule has 0 amide bonds. The number of benzene rings is 2. The van der Waals surface area contributed by atoms with Crippen LogP contribution in [-0.4, -0.2) is 0 Å². The van der Waals surface area contributed by atoms with Crippen LogP contribution in [0.1, 0.15) is 81.7 Å². The summed E-state index contributed by atoms with van der Waals surface area (Å²) in [5, 5.41) is 9.23. The molecule has 0 aliphatic carbocycles. The molecule has 0 saturated heterocycles. The Morgan fingerprint density at radius 2 is 1.62 bits per heavy atom. The summed E-state index contributed by atoms with van der Waals surface area (Å²) >= 11 is 0. The molecule has 2 aromatic rings. The molecule has 2 N–H and O–H groups in total. The molecule has 158 valence electrons. The van der Waals surface area contributed by atoms with Crippen molar-refractivity contribution in [2.75, 3.05) is 5.73 Å². The van der Waals surface area contributed by atoms with E-state index in [1.165, 1.54) is 18.9 Å². The molecule has 0 spiro atoms. The largest absolute Gasteiger partial charge is 0.396 e. The Morgan fingerprint density at radius 1 is 1.03 bits per heavy atom. The van der Waals surface area contributed by atoms with Crippen LogP contribution >= 0.6 is 0 Å². The minimum Gasteiger partial charge on any atom is -0.396 e. The summed E-state index contributed by atoms with van der Waals surface area (Å²) in [5.41, 5.74) is 8.57. The normalized spacial score (nSPS) is 10.3. The van der Waals surface area contributed by atoms with Crippen molar-refractivity contribution in [3.05, 3.63) is 69.8 Å². The molecule has 0 saturated carbocycles. The van der Waals surface area contributed by atoms with Crippen molar-refractivity contribution in [1.82, 2.24) is 0 Å². The van der Waals surface area contributed by atoms with Crippen LogP contribution in [0.3, 0.4) is 0 Å². The van der Waals surface area contributed by atoms with Gasteiger partial charge in [-0.1, -0.05) is 59.6 Å². The van der Waals surface area contributed by atoms with Crippen LogP contribution in [0.5, 0.6) is 0 Å². The lowest BCUT2D eigenvalue weighted by atomic mass is 9.90. The van der Waals surface area contributed by atoms with Crippen molar-refractivity contribution in [3.63, 3.8) is 0 Å². The van der Waals surface area contributed by atoms with Crippen LogP contribution in [0.15, 0.2) is 30.3 Å². The van der Waals surface area contributed by atoms with Gasteiger partial charge in [-0.05, 0) is 60.7 Å². The fourth-order valence-corrected chi connectivity index (χ4v) is 2.63. The third-order valence-electron chi connectivity index (χ3n) is 4.28. The molecule has 0 bridgehead atoms. The number of hydrogen-bond acceptors (Lipinski definition) is 2. The average molecular weight is 401 g/mol. The second kappa shape index (κ2) is 13.5. The Hall–Kier alpha value is -2.67. The number of unbranched alkanes of at least 4 members (excludes halogenated alkanes) is 1. The zero-order valence-corrected chi connectivity index (χ0v) is 18.8. The zero-order chi connectivity index (χ0) is 22.6. The first-order valence-electron chi connectivity index (χ1n) is 10.3. The third kappa shape index (κ3) is 7.02. The van der Waals surface area contributed by atoms with E-state index in [4.69, 9.17) is 5.73 Å². The smallest absolute Gasteiger partial charge is 0.156 e. The Morgan fingerprint density at radius 3 is 2.10 bits per heavy atom. The zero-order valence-electron chi connectivity index (χ0n) is 18.8. The monoisotopic (exact) mass is 400 g/mol. The van der Waals surface area contributed by atoms with E-state index in [1.54, 1.807) is 12.1 Å². The molecule has 2 aromatic carbocycles. The van der Waals surface area contributed by atoms with Gasteiger partial charge in [-0.2, -0.15) is 5.26 Å². The van der Waals surface area contributed by atoms with Crippen molar-refractivity contribution >= 4 is 11.3 Å². The number of aryl methyl sites for hydroxylation is 2. The van der Waals surface area contributed by atoms with Crippen LogP contribution in [0, 0.1) is 36.8 Å². The number of nitrogens with two attached hydrogens (primary N) is 1. The van der Waals surface area contributed by atoms with E-state index in [9.17, 15) is 14.0 Å². The van der Waals surface area contributed by atoms with E-state index in [-0.39, 0.29) is 11.3 Å². The van der Waals surface area contributed by atoms with Crippen molar-refractivity contribution < 1.29 is 8.78 Å². The maximum atomic E-state index is 14.4. The molecule has 0 fully saturated rings. The quantitative estimate of drug-likeness (QED) is 0.534. The summed E-state index contributed by atoms with van der Waals surface area (Å²) in [6, 6.07) is 8.00. The minimum atomic E-state index is -0.775. The number of hydrogen-bond donors (Lipinski definition) is 1. The van der Waals surface area contributed by atoms with Crippen molar-refractivity contribution in [2.24, 2.45) is 0 Å². The van der Waals surface area contributed by atoms with Gasteiger partial charge in [0.2, 0.25) is 0 Å². The topological polar surface area (TPSA) is 49.8 Å². The van der Waals surface area contributed by atoms with Gasteiger partial charge in [0.25, 0.3) is 0 Å². The highest BCUT2D eigenvalue weighted by Crippen LogP contribution is 2.33. The Kier molecular flexibility index (Phi) is 12.3. The highest BCUT2D eigenvalue weighted by Gasteiger charge is 2.19. The molecule has 0 unspecified atom stereocenters. The van der Waals surface area contributed by atoms with Crippen LogP contribution in [-0.2, 0) is 0 Å². The molecule has 2 nitrogen and oxygen atoms in total.